The van der Waals surface area contributed by atoms with Crippen molar-refractivity contribution in [3.8, 4) is 0 Å². The number of alkyl halides is 1. The van der Waals surface area contributed by atoms with Crippen molar-refractivity contribution in [1.29, 1.82) is 0 Å². The standard InChI is InChI=1S/C9H18ClNO2S2/c1-7(6-10)15(12,13)11-4-5-14-9(3)8(11)2/h7-9H,4-6H2,1-3H3. The van der Waals surface area contributed by atoms with E-state index in [-0.39, 0.29) is 11.9 Å². The van der Waals surface area contributed by atoms with Gasteiger partial charge < -0.3 is 0 Å². The van der Waals surface area contributed by atoms with Crippen LogP contribution >= 0.6 is 23.4 Å². The minimum absolute atomic E-state index is 0.0689. The number of rotatable bonds is 3. The molecule has 90 valence electrons. The summed E-state index contributed by atoms with van der Waals surface area (Å²) >= 11 is 7.46. The molecular weight excluding hydrogens is 254 g/mol. The van der Waals surface area contributed by atoms with Gasteiger partial charge in [0.15, 0.2) is 0 Å². The summed E-state index contributed by atoms with van der Waals surface area (Å²) in [7, 11) is -3.21. The van der Waals surface area contributed by atoms with Crippen LogP contribution in [0.25, 0.3) is 0 Å². The lowest BCUT2D eigenvalue weighted by molar-refractivity contribution is 0.337. The Labute approximate surface area is 102 Å². The smallest absolute Gasteiger partial charge is 0.212 e. The third-order valence-corrected chi connectivity index (χ3v) is 7.21. The highest BCUT2D eigenvalue weighted by Gasteiger charge is 2.36. The van der Waals surface area contributed by atoms with Gasteiger partial charge in [0.05, 0.1) is 5.25 Å². The maximum absolute atomic E-state index is 12.1. The van der Waals surface area contributed by atoms with Crippen LogP contribution in [-0.2, 0) is 10.0 Å². The molecule has 0 aliphatic carbocycles. The van der Waals surface area contributed by atoms with Gasteiger partial charge in [-0.3, -0.25) is 0 Å². The normalized spacial score (nSPS) is 31.5. The van der Waals surface area contributed by atoms with Gasteiger partial charge in [-0.2, -0.15) is 16.1 Å². The first kappa shape index (κ1) is 13.6. The molecule has 3 nitrogen and oxygen atoms in total. The van der Waals surface area contributed by atoms with Gasteiger partial charge in [0.2, 0.25) is 10.0 Å². The maximum Gasteiger partial charge on any atom is 0.218 e. The zero-order valence-electron chi connectivity index (χ0n) is 9.31. The Bertz CT molecular complexity index is 307. The van der Waals surface area contributed by atoms with E-state index in [1.165, 1.54) is 0 Å². The Balaban J connectivity index is 2.86. The third-order valence-electron chi connectivity index (χ3n) is 2.88. The summed E-state index contributed by atoms with van der Waals surface area (Å²) in [4.78, 5) is 0. The van der Waals surface area contributed by atoms with Crippen molar-refractivity contribution >= 4 is 33.4 Å². The van der Waals surface area contributed by atoms with Gasteiger partial charge in [0, 0.05) is 29.5 Å². The SMILES string of the molecule is CC1SCCN(S(=O)(=O)C(C)CCl)C1C. The van der Waals surface area contributed by atoms with E-state index >= 15 is 0 Å². The van der Waals surface area contributed by atoms with Crippen molar-refractivity contribution in [3.05, 3.63) is 0 Å². The fourth-order valence-electron chi connectivity index (χ4n) is 1.58. The summed E-state index contributed by atoms with van der Waals surface area (Å²) in [6.07, 6.45) is 0. The van der Waals surface area contributed by atoms with Crippen molar-refractivity contribution in [2.24, 2.45) is 0 Å². The van der Waals surface area contributed by atoms with Crippen LogP contribution in [0.2, 0.25) is 0 Å². The minimum Gasteiger partial charge on any atom is -0.212 e. The topological polar surface area (TPSA) is 37.4 Å². The molecule has 0 aromatic heterocycles. The summed E-state index contributed by atoms with van der Waals surface area (Å²) in [6, 6.07) is 0.0689. The highest BCUT2D eigenvalue weighted by molar-refractivity contribution is 8.00. The molecule has 0 spiro atoms. The molecular formula is C9H18ClNO2S2. The van der Waals surface area contributed by atoms with Crippen LogP contribution in [0.5, 0.6) is 0 Å². The Morgan fingerprint density at radius 2 is 2.13 bits per heavy atom. The first-order chi connectivity index (χ1) is 6.91. The van der Waals surface area contributed by atoms with E-state index in [1.807, 2.05) is 18.7 Å². The molecule has 6 heteroatoms. The predicted molar refractivity (Wildman–Crippen MR) is 67.2 cm³/mol. The second kappa shape index (κ2) is 5.25. The number of hydrogen-bond donors (Lipinski definition) is 0. The molecule has 0 amide bonds. The van der Waals surface area contributed by atoms with Crippen LogP contribution < -0.4 is 0 Å². The van der Waals surface area contributed by atoms with Crippen molar-refractivity contribution < 1.29 is 8.42 Å². The Hall–Kier alpha value is 0.550. The first-order valence-corrected chi connectivity index (χ1v) is 8.18. The van der Waals surface area contributed by atoms with E-state index in [2.05, 4.69) is 6.92 Å². The summed E-state index contributed by atoms with van der Waals surface area (Å²) in [6.45, 7) is 6.32. The summed E-state index contributed by atoms with van der Waals surface area (Å²) in [5.41, 5.74) is 0. The third kappa shape index (κ3) is 2.81. The van der Waals surface area contributed by atoms with Gasteiger partial charge in [0.25, 0.3) is 0 Å². The quantitative estimate of drug-likeness (QED) is 0.734. The lowest BCUT2D eigenvalue weighted by Crippen LogP contribution is -2.50. The molecule has 0 aromatic carbocycles. The number of hydrogen-bond acceptors (Lipinski definition) is 3. The molecule has 3 atom stereocenters. The predicted octanol–water partition coefficient (Wildman–Crippen LogP) is 1.77. The molecule has 3 unspecified atom stereocenters. The Kier molecular flexibility index (Phi) is 4.77. The van der Waals surface area contributed by atoms with E-state index < -0.39 is 15.3 Å². The average molecular weight is 272 g/mol. The van der Waals surface area contributed by atoms with Gasteiger partial charge in [-0.1, -0.05) is 6.92 Å². The van der Waals surface area contributed by atoms with Gasteiger partial charge in [-0.25, -0.2) is 8.42 Å². The zero-order valence-corrected chi connectivity index (χ0v) is 11.7. The highest BCUT2D eigenvalue weighted by atomic mass is 35.5. The van der Waals surface area contributed by atoms with Crippen LogP contribution in [0, 0.1) is 0 Å². The summed E-state index contributed by atoms with van der Waals surface area (Å²) in [5.74, 6) is 1.03. The van der Waals surface area contributed by atoms with Crippen molar-refractivity contribution in [2.75, 3.05) is 18.2 Å². The fourth-order valence-corrected chi connectivity index (χ4v) is 4.96. The number of sulfonamides is 1. The van der Waals surface area contributed by atoms with E-state index in [0.29, 0.717) is 11.8 Å². The second-order valence-electron chi connectivity index (χ2n) is 3.94. The average Bonchev–Trinajstić information content (AvgIpc) is 2.20. The number of halogens is 1. The lowest BCUT2D eigenvalue weighted by atomic mass is 10.2. The minimum atomic E-state index is -3.21. The Morgan fingerprint density at radius 3 is 2.67 bits per heavy atom. The number of nitrogens with zero attached hydrogens (tertiary/aromatic N) is 1. The van der Waals surface area contributed by atoms with Crippen molar-refractivity contribution in [3.63, 3.8) is 0 Å². The van der Waals surface area contributed by atoms with Crippen LogP contribution in [-0.4, -0.2) is 47.4 Å². The van der Waals surface area contributed by atoms with Crippen molar-refractivity contribution in [1.82, 2.24) is 4.31 Å². The molecule has 0 N–H and O–H groups in total. The van der Waals surface area contributed by atoms with Crippen LogP contribution in [0.3, 0.4) is 0 Å². The summed E-state index contributed by atoms with van der Waals surface area (Å²) < 4.78 is 25.8. The molecule has 1 fully saturated rings. The van der Waals surface area contributed by atoms with Gasteiger partial charge >= 0.3 is 0 Å². The lowest BCUT2D eigenvalue weighted by Gasteiger charge is -2.37. The van der Waals surface area contributed by atoms with Gasteiger partial charge in [-0.05, 0) is 13.8 Å². The number of thioether (sulfide) groups is 1. The highest BCUT2D eigenvalue weighted by Crippen LogP contribution is 2.27. The van der Waals surface area contributed by atoms with E-state index in [9.17, 15) is 8.42 Å². The molecule has 0 aromatic rings. The summed E-state index contributed by atoms with van der Waals surface area (Å²) in [5, 5.41) is -0.132. The van der Waals surface area contributed by atoms with Gasteiger partial charge in [0.1, 0.15) is 0 Å². The Morgan fingerprint density at radius 1 is 1.53 bits per heavy atom. The van der Waals surface area contributed by atoms with Crippen LogP contribution in [0.4, 0.5) is 0 Å². The van der Waals surface area contributed by atoms with E-state index in [0.717, 1.165) is 5.75 Å². The molecule has 0 radical (unpaired) electrons. The molecule has 15 heavy (non-hydrogen) atoms. The fraction of sp³-hybridized carbons (Fsp3) is 1.00. The maximum atomic E-state index is 12.1. The van der Waals surface area contributed by atoms with E-state index in [4.69, 9.17) is 11.6 Å². The first-order valence-electron chi connectivity index (χ1n) is 5.09. The molecule has 0 saturated carbocycles. The van der Waals surface area contributed by atoms with Crippen LogP contribution in [0.1, 0.15) is 20.8 Å². The van der Waals surface area contributed by atoms with Crippen LogP contribution in [0.15, 0.2) is 0 Å². The second-order valence-corrected chi connectivity index (χ2v) is 8.03. The largest absolute Gasteiger partial charge is 0.218 e. The van der Waals surface area contributed by atoms with Crippen molar-refractivity contribution in [2.45, 2.75) is 37.3 Å². The molecule has 0 bridgehead atoms. The molecule has 1 rings (SSSR count). The van der Waals surface area contributed by atoms with Gasteiger partial charge in [-0.15, -0.1) is 11.6 Å². The zero-order chi connectivity index (χ0) is 11.6. The molecule has 1 heterocycles. The molecule has 1 aliphatic rings. The molecule has 1 saturated heterocycles. The van der Waals surface area contributed by atoms with E-state index in [1.54, 1.807) is 11.2 Å². The molecule has 1 aliphatic heterocycles. The monoisotopic (exact) mass is 271 g/mol.